The van der Waals surface area contributed by atoms with Crippen molar-refractivity contribution in [3.63, 3.8) is 0 Å². The standard InChI is InChI=1S/C16H13ClF3NO5S/c1-27(23,24)15-9(4-5-11(17)14(15)25-7-16(18,19)20)12(22)10-6-21-26-13(10)8-2-3-8/h4-6,8H,2-3,7H2,1H3. The third-order valence-electron chi connectivity index (χ3n) is 3.85. The molecule has 2 aromatic rings. The Balaban J connectivity index is 2.12. The lowest BCUT2D eigenvalue weighted by Crippen LogP contribution is -2.21. The van der Waals surface area contributed by atoms with Gasteiger partial charge in [0, 0.05) is 17.7 Å². The lowest BCUT2D eigenvalue weighted by molar-refractivity contribution is -0.153. The van der Waals surface area contributed by atoms with E-state index in [0.29, 0.717) is 5.76 Å². The molecule has 0 aliphatic heterocycles. The summed E-state index contributed by atoms with van der Waals surface area (Å²) < 4.78 is 71.8. The van der Waals surface area contributed by atoms with Crippen molar-refractivity contribution < 1.29 is 35.6 Å². The Hall–Kier alpha value is -2.07. The fraction of sp³-hybridized carbons (Fsp3) is 0.375. The molecule has 1 aliphatic carbocycles. The van der Waals surface area contributed by atoms with E-state index in [-0.39, 0.29) is 22.1 Å². The quantitative estimate of drug-likeness (QED) is 0.657. The number of ketones is 1. The number of ether oxygens (including phenoxy) is 1. The van der Waals surface area contributed by atoms with Gasteiger partial charge in [-0.1, -0.05) is 16.8 Å². The van der Waals surface area contributed by atoms with E-state index in [9.17, 15) is 26.4 Å². The van der Waals surface area contributed by atoms with E-state index in [2.05, 4.69) is 9.89 Å². The first-order valence-electron chi connectivity index (χ1n) is 7.70. The fourth-order valence-electron chi connectivity index (χ4n) is 2.58. The summed E-state index contributed by atoms with van der Waals surface area (Å²) in [4.78, 5) is 12.2. The van der Waals surface area contributed by atoms with E-state index in [1.165, 1.54) is 0 Å². The van der Waals surface area contributed by atoms with Crippen molar-refractivity contribution in [1.29, 1.82) is 0 Å². The minimum atomic E-state index is -4.72. The third-order valence-corrected chi connectivity index (χ3v) is 5.30. The van der Waals surface area contributed by atoms with E-state index in [1.54, 1.807) is 0 Å². The van der Waals surface area contributed by atoms with Gasteiger partial charge in [-0.05, 0) is 25.0 Å². The summed E-state index contributed by atoms with van der Waals surface area (Å²) in [6.45, 7) is -1.76. The summed E-state index contributed by atoms with van der Waals surface area (Å²) >= 11 is 5.86. The zero-order chi connectivity index (χ0) is 20.0. The first-order chi connectivity index (χ1) is 12.5. The van der Waals surface area contributed by atoms with Crippen molar-refractivity contribution in [2.45, 2.75) is 29.8 Å². The molecular formula is C16H13ClF3NO5S. The molecule has 6 nitrogen and oxygen atoms in total. The molecular weight excluding hydrogens is 411 g/mol. The highest BCUT2D eigenvalue weighted by molar-refractivity contribution is 7.91. The molecule has 1 heterocycles. The van der Waals surface area contributed by atoms with Crippen LogP contribution in [-0.2, 0) is 9.84 Å². The van der Waals surface area contributed by atoms with E-state index < -0.39 is 39.0 Å². The van der Waals surface area contributed by atoms with Crippen molar-refractivity contribution in [2.24, 2.45) is 0 Å². The number of sulfone groups is 1. The predicted octanol–water partition coefficient (Wildman–Crippen LogP) is 3.78. The van der Waals surface area contributed by atoms with Crippen LogP contribution in [0.15, 0.2) is 27.7 Å². The number of carbonyl (C=O) groups excluding carboxylic acids is 1. The minimum Gasteiger partial charge on any atom is -0.481 e. The number of alkyl halides is 3. The number of hydrogen-bond acceptors (Lipinski definition) is 6. The van der Waals surface area contributed by atoms with Crippen LogP contribution in [0.2, 0.25) is 5.02 Å². The summed E-state index contributed by atoms with van der Waals surface area (Å²) in [6, 6.07) is 2.24. The van der Waals surface area contributed by atoms with Crippen LogP contribution in [0.25, 0.3) is 0 Å². The molecule has 0 unspecified atom stereocenters. The average Bonchev–Trinajstić information content (AvgIpc) is 3.28. The van der Waals surface area contributed by atoms with Crippen LogP contribution in [0.3, 0.4) is 0 Å². The highest BCUT2D eigenvalue weighted by atomic mass is 35.5. The number of benzene rings is 1. The molecule has 1 aliphatic rings. The molecule has 0 atom stereocenters. The Morgan fingerprint density at radius 1 is 1.33 bits per heavy atom. The molecule has 146 valence electrons. The highest BCUT2D eigenvalue weighted by Crippen LogP contribution is 2.43. The molecule has 1 aromatic carbocycles. The largest absolute Gasteiger partial charge is 0.481 e. The summed E-state index contributed by atoms with van der Waals surface area (Å²) in [7, 11) is -4.16. The van der Waals surface area contributed by atoms with Crippen LogP contribution in [0, 0.1) is 0 Å². The van der Waals surface area contributed by atoms with Crippen molar-refractivity contribution >= 4 is 27.2 Å². The predicted molar refractivity (Wildman–Crippen MR) is 88.0 cm³/mol. The van der Waals surface area contributed by atoms with Crippen LogP contribution in [0.5, 0.6) is 5.75 Å². The zero-order valence-corrected chi connectivity index (χ0v) is 15.4. The Morgan fingerprint density at radius 3 is 2.56 bits per heavy atom. The molecule has 3 rings (SSSR count). The molecule has 0 spiro atoms. The topological polar surface area (TPSA) is 86.5 Å². The molecule has 0 N–H and O–H groups in total. The molecule has 0 radical (unpaired) electrons. The van der Waals surface area contributed by atoms with Gasteiger partial charge in [-0.3, -0.25) is 4.79 Å². The number of aromatic nitrogens is 1. The summed E-state index contributed by atoms with van der Waals surface area (Å²) in [5.74, 6) is -1.12. The van der Waals surface area contributed by atoms with Crippen molar-refractivity contribution in [3.05, 3.63) is 40.2 Å². The second kappa shape index (κ2) is 6.83. The Labute approximate surface area is 157 Å². The molecule has 0 bridgehead atoms. The summed E-state index contributed by atoms with van der Waals surface area (Å²) in [5, 5.41) is 3.22. The first-order valence-corrected chi connectivity index (χ1v) is 9.97. The maximum absolute atomic E-state index is 12.9. The molecule has 1 aromatic heterocycles. The zero-order valence-electron chi connectivity index (χ0n) is 13.8. The van der Waals surface area contributed by atoms with Gasteiger partial charge in [0.05, 0.1) is 16.8 Å². The van der Waals surface area contributed by atoms with Gasteiger partial charge in [-0.2, -0.15) is 13.2 Å². The van der Waals surface area contributed by atoms with Gasteiger partial charge >= 0.3 is 6.18 Å². The maximum atomic E-state index is 12.9. The number of carbonyl (C=O) groups is 1. The van der Waals surface area contributed by atoms with Gasteiger partial charge < -0.3 is 9.26 Å². The van der Waals surface area contributed by atoms with E-state index >= 15 is 0 Å². The number of rotatable bonds is 6. The lowest BCUT2D eigenvalue weighted by atomic mass is 10.0. The number of hydrogen-bond donors (Lipinski definition) is 0. The summed E-state index contributed by atoms with van der Waals surface area (Å²) in [6.07, 6.45) is -1.20. The van der Waals surface area contributed by atoms with Crippen LogP contribution < -0.4 is 4.74 Å². The minimum absolute atomic E-state index is 0.0152. The van der Waals surface area contributed by atoms with E-state index in [4.69, 9.17) is 16.1 Å². The van der Waals surface area contributed by atoms with Crippen molar-refractivity contribution in [3.8, 4) is 5.75 Å². The Kier molecular flexibility index (Phi) is 4.98. The number of nitrogens with zero attached hydrogens (tertiary/aromatic N) is 1. The Morgan fingerprint density at radius 2 is 2.00 bits per heavy atom. The van der Waals surface area contributed by atoms with Gasteiger partial charge in [-0.25, -0.2) is 8.42 Å². The van der Waals surface area contributed by atoms with Crippen LogP contribution in [-0.4, -0.2) is 38.4 Å². The molecule has 0 saturated heterocycles. The second-order valence-electron chi connectivity index (χ2n) is 6.14. The first kappa shape index (κ1) is 19.7. The fourth-order valence-corrected chi connectivity index (χ4v) is 3.91. The Bertz CT molecular complexity index is 996. The normalized spacial score (nSPS) is 15.0. The molecule has 11 heteroatoms. The van der Waals surface area contributed by atoms with E-state index in [1.807, 2.05) is 0 Å². The molecule has 1 saturated carbocycles. The lowest BCUT2D eigenvalue weighted by Gasteiger charge is -2.16. The SMILES string of the molecule is CS(=O)(=O)c1c(C(=O)c2cnoc2C2CC2)ccc(Cl)c1OCC(F)(F)F. The monoisotopic (exact) mass is 423 g/mol. The van der Waals surface area contributed by atoms with Gasteiger partial charge in [0.1, 0.15) is 4.90 Å². The van der Waals surface area contributed by atoms with Crippen molar-refractivity contribution in [1.82, 2.24) is 5.16 Å². The van der Waals surface area contributed by atoms with Crippen LogP contribution in [0.4, 0.5) is 13.2 Å². The van der Waals surface area contributed by atoms with Crippen LogP contribution in [0.1, 0.15) is 40.4 Å². The van der Waals surface area contributed by atoms with E-state index in [0.717, 1.165) is 37.4 Å². The van der Waals surface area contributed by atoms with Gasteiger partial charge in [0.2, 0.25) is 0 Å². The smallest absolute Gasteiger partial charge is 0.422 e. The molecule has 0 amide bonds. The summed E-state index contributed by atoms with van der Waals surface area (Å²) in [5.41, 5.74) is -0.296. The van der Waals surface area contributed by atoms with Gasteiger partial charge in [0.15, 0.2) is 33.7 Å². The highest BCUT2D eigenvalue weighted by Gasteiger charge is 2.36. The third kappa shape index (κ3) is 4.27. The molecule has 27 heavy (non-hydrogen) atoms. The average molecular weight is 424 g/mol. The number of halogens is 4. The van der Waals surface area contributed by atoms with Crippen LogP contribution >= 0.6 is 11.6 Å². The van der Waals surface area contributed by atoms with Gasteiger partial charge in [0.25, 0.3) is 0 Å². The van der Waals surface area contributed by atoms with Gasteiger partial charge in [-0.15, -0.1) is 0 Å². The second-order valence-corrected chi connectivity index (χ2v) is 8.50. The van der Waals surface area contributed by atoms with Crippen molar-refractivity contribution in [2.75, 3.05) is 12.9 Å². The molecule has 1 fully saturated rings. The maximum Gasteiger partial charge on any atom is 0.422 e.